The highest BCUT2D eigenvalue weighted by molar-refractivity contribution is 4.96. The van der Waals surface area contributed by atoms with Gasteiger partial charge >= 0.3 is 0 Å². The van der Waals surface area contributed by atoms with E-state index in [-0.39, 0.29) is 5.60 Å². The molecule has 0 aromatic heterocycles. The topological polar surface area (TPSA) is 35.2 Å². The molecular formula is C19H33NO. The number of nitrogens with two attached hydrogens (primary N) is 1. The minimum Gasteiger partial charge on any atom is -0.375 e. The van der Waals surface area contributed by atoms with E-state index < -0.39 is 0 Å². The van der Waals surface area contributed by atoms with Crippen molar-refractivity contribution in [3.63, 3.8) is 0 Å². The summed E-state index contributed by atoms with van der Waals surface area (Å²) in [5.74, 6) is 3.79. The Balaban J connectivity index is 1.34. The standard InChI is InChI=1S/C19H33NO/c20-18(12-17-11-14-4-5-15(17)10-14)16-6-9-21-19(13-16)7-2-1-3-8-19/h14-18H,1-13,20H2. The Kier molecular flexibility index (Phi) is 4.04. The van der Waals surface area contributed by atoms with Crippen molar-refractivity contribution >= 4 is 0 Å². The fourth-order valence-corrected chi connectivity index (χ4v) is 6.18. The quantitative estimate of drug-likeness (QED) is 0.843. The number of fused-ring (bicyclic) bond motifs is 2. The van der Waals surface area contributed by atoms with Crippen LogP contribution in [0, 0.1) is 23.7 Å². The summed E-state index contributed by atoms with van der Waals surface area (Å²) in [6.07, 6.45) is 16.5. The smallest absolute Gasteiger partial charge is 0.0685 e. The van der Waals surface area contributed by atoms with Gasteiger partial charge in [0.15, 0.2) is 0 Å². The third-order valence-corrected chi connectivity index (χ3v) is 7.36. The molecule has 0 aromatic carbocycles. The van der Waals surface area contributed by atoms with E-state index in [4.69, 9.17) is 10.5 Å². The summed E-state index contributed by atoms with van der Waals surface area (Å²) in [4.78, 5) is 0. The molecule has 2 bridgehead atoms. The molecule has 1 saturated heterocycles. The van der Waals surface area contributed by atoms with E-state index in [0.717, 1.165) is 30.3 Å². The van der Waals surface area contributed by atoms with Crippen LogP contribution < -0.4 is 5.73 Å². The molecule has 2 N–H and O–H groups in total. The zero-order chi connectivity index (χ0) is 14.3. The van der Waals surface area contributed by atoms with Gasteiger partial charge in [-0.15, -0.1) is 0 Å². The van der Waals surface area contributed by atoms with Crippen LogP contribution in [-0.4, -0.2) is 18.2 Å². The first kappa shape index (κ1) is 14.5. The summed E-state index contributed by atoms with van der Waals surface area (Å²) in [5.41, 5.74) is 6.92. The molecule has 21 heavy (non-hydrogen) atoms. The monoisotopic (exact) mass is 291 g/mol. The van der Waals surface area contributed by atoms with Crippen LogP contribution in [0.25, 0.3) is 0 Å². The van der Waals surface area contributed by atoms with Gasteiger partial charge in [0.05, 0.1) is 5.60 Å². The molecule has 2 nitrogen and oxygen atoms in total. The lowest BCUT2D eigenvalue weighted by Gasteiger charge is -2.45. The second-order valence-corrected chi connectivity index (χ2v) is 8.68. The van der Waals surface area contributed by atoms with Crippen LogP contribution in [0.4, 0.5) is 0 Å². The van der Waals surface area contributed by atoms with E-state index in [1.165, 1.54) is 77.0 Å². The maximum atomic E-state index is 6.69. The van der Waals surface area contributed by atoms with E-state index in [1.54, 1.807) is 0 Å². The van der Waals surface area contributed by atoms with Gasteiger partial charge in [-0.25, -0.2) is 0 Å². The second-order valence-electron chi connectivity index (χ2n) is 8.68. The molecular weight excluding hydrogens is 258 g/mol. The van der Waals surface area contributed by atoms with Crippen molar-refractivity contribution in [3.8, 4) is 0 Å². The Hall–Kier alpha value is -0.0800. The van der Waals surface area contributed by atoms with Crippen molar-refractivity contribution in [2.45, 2.75) is 88.7 Å². The van der Waals surface area contributed by atoms with Crippen molar-refractivity contribution < 1.29 is 4.74 Å². The molecule has 0 amide bonds. The molecule has 1 spiro atoms. The van der Waals surface area contributed by atoms with Gasteiger partial charge in [-0.3, -0.25) is 0 Å². The van der Waals surface area contributed by atoms with E-state index in [2.05, 4.69) is 0 Å². The lowest BCUT2D eigenvalue weighted by molar-refractivity contribution is -0.121. The molecule has 1 aliphatic heterocycles. The Morgan fingerprint density at radius 1 is 1.05 bits per heavy atom. The molecule has 120 valence electrons. The molecule has 5 atom stereocenters. The van der Waals surface area contributed by atoms with Gasteiger partial charge in [0.25, 0.3) is 0 Å². The molecule has 4 fully saturated rings. The third-order valence-electron chi connectivity index (χ3n) is 7.36. The normalized spacial score (nSPS) is 43.3. The molecule has 2 heteroatoms. The summed E-state index contributed by atoms with van der Waals surface area (Å²) in [5, 5.41) is 0. The van der Waals surface area contributed by atoms with Crippen molar-refractivity contribution in [3.05, 3.63) is 0 Å². The van der Waals surface area contributed by atoms with Gasteiger partial charge in [-0.2, -0.15) is 0 Å². The first-order valence-corrected chi connectivity index (χ1v) is 9.64. The summed E-state index contributed by atoms with van der Waals surface area (Å²) in [6, 6.07) is 0.442. The lowest BCUT2D eigenvalue weighted by atomic mass is 9.72. The number of rotatable bonds is 3. The van der Waals surface area contributed by atoms with Crippen molar-refractivity contribution in [1.29, 1.82) is 0 Å². The van der Waals surface area contributed by atoms with E-state index in [1.807, 2.05) is 0 Å². The van der Waals surface area contributed by atoms with Crippen LogP contribution in [0.3, 0.4) is 0 Å². The molecule has 4 rings (SSSR count). The third kappa shape index (κ3) is 2.91. The number of hydrogen-bond acceptors (Lipinski definition) is 2. The molecule has 5 unspecified atom stereocenters. The lowest BCUT2D eigenvalue weighted by Crippen LogP contribution is -2.47. The summed E-state index contributed by atoms with van der Waals surface area (Å²) < 4.78 is 6.25. The predicted molar refractivity (Wildman–Crippen MR) is 86.0 cm³/mol. The molecule has 1 heterocycles. The van der Waals surface area contributed by atoms with Crippen LogP contribution >= 0.6 is 0 Å². The largest absolute Gasteiger partial charge is 0.375 e. The zero-order valence-electron chi connectivity index (χ0n) is 13.6. The van der Waals surface area contributed by atoms with Gasteiger partial charge in [0, 0.05) is 12.6 Å². The first-order chi connectivity index (χ1) is 10.2. The average molecular weight is 291 g/mol. The SMILES string of the molecule is NC(CC1CC2CCC1C2)C1CCOC2(CCCCC2)C1. The Morgan fingerprint density at radius 2 is 1.90 bits per heavy atom. The van der Waals surface area contributed by atoms with E-state index in [0.29, 0.717) is 6.04 Å². The molecule has 0 radical (unpaired) electrons. The highest BCUT2D eigenvalue weighted by Crippen LogP contribution is 2.50. The Labute approximate surface area is 130 Å². The van der Waals surface area contributed by atoms with E-state index in [9.17, 15) is 0 Å². The van der Waals surface area contributed by atoms with Crippen LogP contribution in [0.15, 0.2) is 0 Å². The second kappa shape index (κ2) is 5.85. The van der Waals surface area contributed by atoms with Crippen molar-refractivity contribution in [2.24, 2.45) is 29.4 Å². The Morgan fingerprint density at radius 3 is 2.62 bits per heavy atom. The summed E-state index contributed by atoms with van der Waals surface area (Å²) in [7, 11) is 0. The van der Waals surface area contributed by atoms with Crippen LogP contribution in [0.1, 0.15) is 77.0 Å². The maximum absolute atomic E-state index is 6.69. The van der Waals surface area contributed by atoms with Gasteiger partial charge < -0.3 is 10.5 Å². The minimum absolute atomic E-state index is 0.230. The molecule has 3 saturated carbocycles. The van der Waals surface area contributed by atoms with Crippen molar-refractivity contribution in [2.75, 3.05) is 6.61 Å². The summed E-state index contributed by atoms with van der Waals surface area (Å²) >= 11 is 0. The zero-order valence-corrected chi connectivity index (χ0v) is 13.6. The fraction of sp³-hybridized carbons (Fsp3) is 1.00. The van der Waals surface area contributed by atoms with Crippen molar-refractivity contribution in [1.82, 2.24) is 0 Å². The number of ether oxygens (including phenoxy) is 1. The van der Waals surface area contributed by atoms with E-state index >= 15 is 0 Å². The number of hydrogen-bond donors (Lipinski definition) is 1. The van der Waals surface area contributed by atoms with Gasteiger partial charge in [0.1, 0.15) is 0 Å². The van der Waals surface area contributed by atoms with Gasteiger partial charge in [0.2, 0.25) is 0 Å². The molecule has 4 aliphatic rings. The van der Waals surface area contributed by atoms with Gasteiger partial charge in [-0.05, 0) is 75.0 Å². The highest BCUT2D eigenvalue weighted by atomic mass is 16.5. The van der Waals surface area contributed by atoms with Crippen LogP contribution in [0.2, 0.25) is 0 Å². The van der Waals surface area contributed by atoms with Gasteiger partial charge in [-0.1, -0.05) is 25.7 Å². The molecule has 3 aliphatic carbocycles. The molecule has 0 aromatic rings. The van der Waals surface area contributed by atoms with Crippen LogP contribution in [0.5, 0.6) is 0 Å². The average Bonchev–Trinajstić information content (AvgIpc) is 3.11. The predicted octanol–water partition coefficient (Wildman–Crippen LogP) is 4.27. The summed E-state index contributed by atoms with van der Waals surface area (Å²) in [6.45, 7) is 0.967. The minimum atomic E-state index is 0.230. The maximum Gasteiger partial charge on any atom is 0.0685 e. The van der Waals surface area contributed by atoms with Crippen LogP contribution in [-0.2, 0) is 4.74 Å². The fourth-order valence-electron chi connectivity index (χ4n) is 6.18. The first-order valence-electron chi connectivity index (χ1n) is 9.64. The highest BCUT2D eigenvalue weighted by Gasteiger charge is 2.43. The Bertz CT molecular complexity index is 357.